The summed E-state index contributed by atoms with van der Waals surface area (Å²) in [6.45, 7) is 3.81. The van der Waals surface area contributed by atoms with Gasteiger partial charge in [-0.1, -0.05) is 12.5 Å². The molecule has 3 heteroatoms. The van der Waals surface area contributed by atoms with Crippen molar-refractivity contribution in [2.24, 2.45) is 40.9 Å². The van der Waals surface area contributed by atoms with E-state index in [2.05, 4.69) is 6.92 Å². The SMILES string of the molecule is CC(=O)[C@@]1(O)[C@H]2C[C@H]2[C@H]2[C@@H]3CCC4=CC(=O)CC[C@@H]4[C@H]3CC[C@@]21C. The van der Waals surface area contributed by atoms with Crippen molar-refractivity contribution >= 4 is 11.6 Å². The molecule has 0 aromatic heterocycles. The molecule has 0 radical (unpaired) electrons. The predicted octanol–water partition coefficient (Wildman–Crippen LogP) is 3.30. The molecule has 0 aliphatic heterocycles. The second-order valence-electron chi connectivity index (χ2n) is 9.51. The van der Waals surface area contributed by atoms with Gasteiger partial charge in [0, 0.05) is 11.8 Å². The summed E-state index contributed by atoms with van der Waals surface area (Å²) in [5.41, 5.74) is 0.105. The van der Waals surface area contributed by atoms with Gasteiger partial charge in [0.15, 0.2) is 11.6 Å². The fraction of sp³-hybridized carbons (Fsp3) is 0.810. The molecule has 24 heavy (non-hydrogen) atoms. The minimum Gasteiger partial charge on any atom is -0.381 e. The van der Waals surface area contributed by atoms with Gasteiger partial charge in [0.1, 0.15) is 5.60 Å². The molecule has 4 fully saturated rings. The average molecular weight is 328 g/mol. The number of ketones is 2. The van der Waals surface area contributed by atoms with Gasteiger partial charge in [-0.25, -0.2) is 0 Å². The molecule has 0 unspecified atom stereocenters. The topological polar surface area (TPSA) is 54.4 Å². The summed E-state index contributed by atoms with van der Waals surface area (Å²) in [6.07, 6.45) is 9.02. The third kappa shape index (κ3) is 1.63. The van der Waals surface area contributed by atoms with Crippen molar-refractivity contribution in [1.29, 1.82) is 0 Å². The van der Waals surface area contributed by atoms with E-state index in [4.69, 9.17) is 0 Å². The van der Waals surface area contributed by atoms with Crippen LogP contribution in [0.25, 0.3) is 0 Å². The van der Waals surface area contributed by atoms with Crippen molar-refractivity contribution in [2.75, 3.05) is 0 Å². The fourth-order valence-corrected chi connectivity index (χ4v) is 7.84. The Morgan fingerprint density at radius 1 is 1.17 bits per heavy atom. The first-order valence-corrected chi connectivity index (χ1v) is 9.84. The summed E-state index contributed by atoms with van der Waals surface area (Å²) in [7, 11) is 0. The maximum absolute atomic E-state index is 12.4. The molecule has 5 aliphatic rings. The zero-order valence-electron chi connectivity index (χ0n) is 14.8. The number of allylic oxidation sites excluding steroid dienone is 1. The quantitative estimate of drug-likeness (QED) is 0.803. The first-order chi connectivity index (χ1) is 11.4. The largest absolute Gasteiger partial charge is 0.381 e. The van der Waals surface area contributed by atoms with Crippen molar-refractivity contribution in [1.82, 2.24) is 0 Å². The minimum absolute atomic E-state index is 0.00175. The van der Waals surface area contributed by atoms with Crippen molar-refractivity contribution in [3.8, 4) is 0 Å². The van der Waals surface area contributed by atoms with Crippen LogP contribution in [0.3, 0.4) is 0 Å². The minimum atomic E-state index is -1.08. The van der Waals surface area contributed by atoms with Gasteiger partial charge in [-0.15, -0.1) is 0 Å². The first-order valence-electron chi connectivity index (χ1n) is 9.84. The predicted molar refractivity (Wildman–Crippen MR) is 90.1 cm³/mol. The van der Waals surface area contributed by atoms with E-state index in [1.165, 1.54) is 5.57 Å². The molecule has 0 saturated heterocycles. The lowest BCUT2D eigenvalue weighted by Crippen LogP contribution is -2.58. The highest BCUT2D eigenvalue weighted by Gasteiger charge is 2.77. The monoisotopic (exact) mass is 328 g/mol. The van der Waals surface area contributed by atoms with Crippen molar-refractivity contribution in [3.63, 3.8) is 0 Å². The Morgan fingerprint density at radius 2 is 1.96 bits per heavy atom. The number of hydrogen-bond donors (Lipinski definition) is 1. The maximum atomic E-state index is 12.4. The third-order valence-corrected chi connectivity index (χ3v) is 8.80. The lowest BCUT2D eigenvalue weighted by atomic mass is 9.49. The zero-order chi connectivity index (χ0) is 16.9. The van der Waals surface area contributed by atoms with E-state index in [0.717, 1.165) is 38.5 Å². The first kappa shape index (κ1) is 15.3. The second-order valence-corrected chi connectivity index (χ2v) is 9.51. The Kier molecular flexibility index (Phi) is 2.94. The Morgan fingerprint density at radius 3 is 2.71 bits per heavy atom. The Balaban J connectivity index is 1.52. The molecule has 3 nitrogen and oxygen atoms in total. The normalized spacial score (nSPS) is 55.0. The molecule has 0 aromatic carbocycles. The number of aliphatic hydroxyl groups is 1. The van der Waals surface area contributed by atoms with Crippen molar-refractivity contribution < 1.29 is 14.7 Å². The van der Waals surface area contributed by atoms with Crippen LogP contribution in [0.15, 0.2) is 11.6 Å². The summed E-state index contributed by atoms with van der Waals surface area (Å²) in [5.74, 6) is 3.51. The van der Waals surface area contributed by atoms with Gasteiger partial charge < -0.3 is 5.11 Å². The number of Topliss-reactive ketones (excluding diaryl/α,β-unsaturated/α-hetero) is 1. The summed E-state index contributed by atoms with van der Waals surface area (Å²) < 4.78 is 0. The highest BCUT2D eigenvalue weighted by Crippen LogP contribution is 2.75. The van der Waals surface area contributed by atoms with Crippen LogP contribution in [0.4, 0.5) is 0 Å². The summed E-state index contributed by atoms with van der Waals surface area (Å²) in [6, 6.07) is 0. The molecule has 5 rings (SSSR count). The molecule has 0 heterocycles. The van der Waals surface area contributed by atoms with E-state index in [0.29, 0.717) is 41.8 Å². The summed E-state index contributed by atoms with van der Waals surface area (Å²) in [5, 5.41) is 11.4. The van der Waals surface area contributed by atoms with Crippen LogP contribution in [-0.2, 0) is 9.59 Å². The smallest absolute Gasteiger partial charge is 0.162 e. The van der Waals surface area contributed by atoms with Crippen LogP contribution in [0.2, 0.25) is 0 Å². The van der Waals surface area contributed by atoms with Gasteiger partial charge in [0.25, 0.3) is 0 Å². The van der Waals surface area contributed by atoms with E-state index in [1.807, 2.05) is 6.08 Å². The van der Waals surface area contributed by atoms with Crippen LogP contribution in [0.5, 0.6) is 0 Å². The molecule has 8 atom stereocenters. The maximum Gasteiger partial charge on any atom is 0.162 e. The highest BCUT2D eigenvalue weighted by molar-refractivity contribution is 5.91. The molecule has 130 valence electrons. The molecule has 0 amide bonds. The van der Waals surface area contributed by atoms with Crippen LogP contribution in [-0.4, -0.2) is 22.3 Å². The van der Waals surface area contributed by atoms with Gasteiger partial charge in [-0.3, -0.25) is 9.59 Å². The van der Waals surface area contributed by atoms with Gasteiger partial charge in [-0.2, -0.15) is 0 Å². The Bertz CT molecular complexity index is 664. The number of carbonyl (C=O) groups excluding carboxylic acids is 2. The van der Waals surface area contributed by atoms with E-state index in [1.54, 1.807) is 6.92 Å². The molecular formula is C21H28O3. The summed E-state index contributed by atoms with van der Waals surface area (Å²) >= 11 is 0. The van der Waals surface area contributed by atoms with Crippen LogP contribution in [0.1, 0.15) is 58.8 Å². The van der Waals surface area contributed by atoms with E-state index < -0.39 is 5.60 Å². The van der Waals surface area contributed by atoms with E-state index in [-0.39, 0.29) is 17.1 Å². The number of carbonyl (C=O) groups is 2. The van der Waals surface area contributed by atoms with Crippen LogP contribution >= 0.6 is 0 Å². The molecule has 0 bridgehead atoms. The molecule has 5 aliphatic carbocycles. The lowest BCUT2D eigenvalue weighted by Gasteiger charge is -2.56. The molecule has 1 N–H and O–H groups in total. The second kappa shape index (κ2) is 4.60. The highest BCUT2D eigenvalue weighted by atomic mass is 16.3. The molecule has 0 spiro atoms. The summed E-state index contributed by atoms with van der Waals surface area (Å²) in [4.78, 5) is 24.2. The van der Waals surface area contributed by atoms with Gasteiger partial charge >= 0.3 is 0 Å². The zero-order valence-corrected chi connectivity index (χ0v) is 14.8. The van der Waals surface area contributed by atoms with Crippen molar-refractivity contribution in [3.05, 3.63) is 11.6 Å². The van der Waals surface area contributed by atoms with E-state index >= 15 is 0 Å². The van der Waals surface area contributed by atoms with Gasteiger partial charge in [-0.05, 0) is 87.0 Å². The fourth-order valence-electron chi connectivity index (χ4n) is 7.84. The van der Waals surface area contributed by atoms with Crippen LogP contribution in [0, 0.1) is 40.9 Å². The Hall–Kier alpha value is -0.960. The molecular weight excluding hydrogens is 300 g/mol. The standard InChI is InChI=1S/C21H28O3/c1-11(22)21(24)18-10-17(18)19-16-5-3-12-9-13(23)4-6-14(12)15(16)7-8-20(19,21)2/h9,14-19,24H,3-8,10H2,1-2H3/t14-,15+,16+,17+,18-,19+,20-,21+/m0/s1. The van der Waals surface area contributed by atoms with Crippen LogP contribution < -0.4 is 0 Å². The number of rotatable bonds is 1. The van der Waals surface area contributed by atoms with Gasteiger partial charge in [0.2, 0.25) is 0 Å². The molecule has 0 aromatic rings. The van der Waals surface area contributed by atoms with Crippen molar-refractivity contribution in [2.45, 2.75) is 64.4 Å². The molecule has 4 saturated carbocycles. The van der Waals surface area contributed by atoms with Gasteiger partial charge in [0.05, 0.1) is 0 Å². The average Bonchev–Trinajstić information content (AvgIpc) is 3.29. The third-order valence-electron chi connectivity index (χ3n) is 8.80. The Labute approximate surface area is 143 Å². The number of fused-ring (bicyclic) bond motifs is 7. The lowest BCUT2D eigenvalue weighted by molar-refractivity contribution is -0.166. The van der Waals surface area contributed by atoms with E-state index in [9.17, 15) is 14.7 Å². The number of hydrogen-bond acceptors (Lipinski definition) is 3.